The van der Waals surface area contributed by atoms with Crippen LogP contribution < -0.4 is 10.1 Å². The lowest BCUT2D eigenvalue weighted by atomic mass is 9.90. The van der Waals surface area contributed by atoms with E-state index in [0.29, 0.717) is 49.7 Å². The van der Waals surface area contributed by atoms with Crippen molar-refractivity contribution in [1.82, 2.24) is 25.3 Å². The number of rotatable bonds is 15. The summed E-state index contributed by atoms with van der Waals surface area (Å²) in [7, 11) is 1.66. The first-order valence-corrected chi connectivity index (χ1v) is 17.5. The summed E-state index contributed by atoms with van der Waals surface area (Å²) in [6, 6.07) is 6.88. The molecule has 0 saturated carbocycles. The fourth-order valence-electron chi connectivity index (χ4n) is 5.56. The zero-order valence-electron chi connectivity index (χ0n) is 29.5. The summed E-state index contributed by atoms with van der Waals surface area (Å²) < 4.78 is 22.7. The smallest absolute Gasteiger partial charge is 0.410 e. The standard InChI is InChI=1S/C35H49N5O8S/c1-22(20-41)30(29-17-23(2)38-48-29)33(43)40-12-8-9-27(40)32(42)36-19-26-11-10-25(31-24(3)37-21-49-31)18-28(26)46-16-15-45-14-13-39(7)34(44)47-35(4,5)6/h10-11,17-18,21-22,27,30,41H,8-9,12-16,19-20H2,1-7H3,(H,36,42)/t22?,27?,30-/m0/s1. The quantitative estimate of drug-likeness (QED) is 0.213. The molecule has 0 spiro atoms. The molecule has 3 aromatic rings. The minimum absolute atomic E-state index is 0.188. The highest BCUT2D eigenvalue weighted by atomic mass is 32.1. The maximum atomic E-state index is 13.8. The van der Waals surface area contributed by atoms with Crippen molar-refractivity contribution in [3.63, 3.8) is 0 Å². The van der Waals surface area contributed by atoms with Crippen LogP contribution >= 0.6 is 11.3 Å². The molecule has 3 amide bonds. The minimum atomic E-state index is -0.748. The first-order chi connectivity index (χ1) is 23.3. The van der Waals surface area contributed by atoms with Gasteiger partial charge in [-0.2, -0.15) is 0 Å². The Kier molecular flexibility index (Phi) is 13.2. The summed E-state index contributed by atoms with van der Waals surface area (Å²) in [6.45, 7) is 12.6. The van der Waals surface area contributed by atoms with Crippen molar-refractivity contribution in [3.8, 4) is 16.2 Å². The van der Waals surface area contributed by atoms with E-state index in [4.69, 9.17) is 18.7 Å². The number of benzene rings is 1. The molecule has 1 fully saturated rings. The molecule has 1 aliphatic rings. The molecule has 1 saturated heterocycles. The Bertz CT molecular complexity index is 1570. The van der Waals surface area contributed by atoms with Crippen LogP contribution in [0.5, 0.6) is 5.75 Å². The van der Waals surface area contributed by atoms with Gasteiger partial charge < -0.3 is 39.0 Å². The highest BCUT2D eigenvalue weighted by molar-refractivity contribution is 7.13. The fraction of sp³-hybridized carbons (Fsp3) is 0.571. The molecule has 4 rings (SSSR count). The van der Waals surface area contributed by atoms with Gasteiger partial charge in [0.25, 0.3) is 0 Å². The summed E-state index contributed by atoms with van der Waals surface area (Å²) in [5.74, 6) is -0.715. The molecule has 49 heavy (non-hydrogen) atoms. The SMILES string of the molecule is Cc1cc([C@@H](C(=O)N2CCCC2C(=O)NCc2ccc(-c3scnc3C)cc2OCCOCCN(C)C(=O)OC(C)(C)C)C(C)CO)on1. The van der Waals surface area contributed by atoms with E-state index in [1.807, 2.05) is 45.9 Å². The van der Waals surface area contributed by atoms with Gasteiger partial charge in [-0.25, -0.2) is 9.78 Å². The first-order valence-electron chi connectivity index (χ1n) is 16.6. The van der Waals surface area contributed by atoms with Gasteiger partial charge in [0.15, 0.2) is 0 Å². The molecule has 0 bridgehead atoms. The Labute approximate surface area is 291 Å². The topological polar surface area (TPSA) is 157 Å². The number of carbonyl (C=O) groups excluding carboxylic acids is 3. The Morgan fingerprint density at radius 1 is 1.18 bits per heavy atom. The van der Waals surface area contributed by atoms with Crippen molar-refractivity contribution in [2.45, 2.75) is 78.5 Å². The van der Waals surface area contributed by atoms with Crippen molar-refractivity contribution in [3.05, 3.63) is 52.5 Å². The van der Waals surface area contributed by atoms with E-state index in [0.717, 1.165) is 21.7 Å². The van der Waals surface area contributed by atoms with E-state index < -0.39 is 29.6 Å². The molecular formula is C35H49N5O8S. The number of carbonyl (C=O) groups is 3. The van der Waals surface area contributed by atoms with Crippen molar-refractivity contribution in [2.75, 3.05) is 46.6 Å². The van der Waals surface area contributed by atoms with Gasteiger partial charge in [0.2, 0.25) is 11.8 Å². The number of hydrogen-bond acceptors (Lipinski definition) is 11. The van der Waals surface area contributed by atoms with Gasteiger partial charge in [-0.3, -0.25) is 9.59 Å². The second-order valence-electron chi connectivity index (χ2n) is 13.4. The van der Waals surface area contributed by atoms with E-state index >= 15 is 0 Å². The lowest BCUT2D eigenvalue weighted by Crippen LogP contribution is -2.48. The van der Waals surface area contributed by atoms with Crippen LogP contribution in [0.4, 0.5) is 4.79 Å². The Balaban J connectivity index is 1.39. The maximum Gasteiger partial charge on any atom is 0.410 e. The van der Waals surface area contributed by atoms with Crippen LogP contribution in [0.1, 0.15) is 69.2 Å². The monoisotopic (exact) mass is 699 g/mol. The zero-order chi connectivity index (χ0) is 35.7. The fourth-order valence-corrected chi connectivity index (χ4v) is 6.37. The van der Waals surface area contributed by atoms with Crippen molar-refractivity contribution in [1.29, 1.82) is 0 Å². The number of thiazole rings is 1. The number of aryl methyl sites for hydroxylation is 2. The normalized spacial score (nSPS) is 15.9. The van der Waals surface area contributed by atoms with Gasteiger partial charge in [0.05, 0.1) is 35.0 Å². The van der Waals surface area contributed by atoms with Gasteiger partial charge in [-0.05, 0) is 65.0 Å². The van der Waals surface area contributed by atoms with E-state index in [-0.39, 0.29) is 38.2 Å². The highest BCUT2D eigenvalue weighted by Gasteiger charge is 2.40. The van der Waals surface area contributed by atoms with Gasteiger partial charge in [-0.15, -0.1) is 11.3 Å². The van der Waals surface area contributed by atoms with E-state index in [2.05, 4.69) is 15.5 Å². The number of ether oxygens (including phenoxy) is 3. The summed E-state index contributed by atoms with van der Waals surface area (Å²) in [4.78, 5) is 48.0. The number of aromatic nitrogens is 2. The van der Waals surface area contributed by atoms with Crippen molar-refractivity contribution < 1.29 is 38.2 Å². The van der Waals surface area contributed by atoms with Crippen LogP contribution in [0.2, 0.25) is 0 Å². The average molecular weight is 700 g/mol. The molecule has 2 unspecified atom stereocenters. The third kappa shape index (κ3) is 10.2. The second-order valence-corrected chi connectivity index (χ2v) is 14.2. The average Bonchev–Trinajstić information content (AvgIpc) is 3.82. The molecule has 1 aromatic carbocycles. The van der Waals surface area contributed by atoms with Crippen LogP contribution in [0, 0.1) is 19.8 Å². The predicted octanol–water partition coefficient (Wildman–Crippen LogP) is 4.70. The molecule has 268 valence electrons. The molecular weight excluding hydrogens is 650 g/mol. The van der Waals surface area contributed by atoms with Crippen molar-refractivity contribution >= 4 is 29.2 Å². The third-order valence-corrected chi connectivity index (χ3v) is 9.18. The molecule has 0 aliphatic carbocycles. The summed E-state index contributed by atoms with van der Waals surface area (Å²) in [6.07, 6.45) is 0.800. The van der Waals surface area contributed by atoms with Crippen LogP contribution in [0.3, 0.4) is 0 Å². The lowest BCUT2D eigenvalue weighted by Gasteiger charge is -2.29. The Hall–Kier alpha value is -4.01. The summed E-state index contributed by atoms with van der Waals surface area (Å²) >= 11 is 1.54. The van der Waals surface area contributed by atoms with E-state index in [1.165, 1.54) is 16.2 Å². The highest BCUT2D eigenvalue weighted by Crippen LogP contribution is 2.33. The molecule has 0 radical (unpaired) electrons. The number of aliphatic hydroxyl groups is 1. The number of likely N-dealkylation sites (N-methyl/N-ethyl adjacent to an activating group) is 1. The van der Waals surface area contributed by atoms with Crippen LogP contribution in [0.25, 0.3) is 10.4 Å². The molecule has 14 heteroatoms. The van der Waals surface area contributed by atoms with Gasteiger partial charge in [-0.1, -0.05) is 24.2 Å². The number of aliphatic hydroxyl groups excluding tert-OH is 1. The third-order valence-electron chi connectivity index (χ3n) is 8.20. The molecule has 1 aliphatic heterocycles. The Morgan fingerprint density at radius 3 is 2.61 bits per heavy atom. The van der Waals surface area contributed by atoms with Gasteiger partial charge in [0, 0.05) is 44.9 Å². The number of nitrogens with zero attached hydrogens (tertiary/aromatic N) is 4. The van der Waals surface area contributed by atoms with E-state index in [9.17, 15) is 19.5 Å². The van der Waals surface area contributed by atoms with Crippen LogP contribution in [-0.4, -0.2) is 101 Å². The Morgan fingerprint density at radius 2 is 1.96 bits per heavy atom. The molecule has 3 atom stereocenters. The van der Waals surface area contributed by atoms with Crippen molar-refractivity contribution in [2.24, 2.45) is 5.92 Å². The largest absolute Gasteiger partial charge is 0.491 e. The van der Waals surface area contributed by atoms with Gasteiger partial charge in [0.1, 0.15) is 35.7 Å². The molecule has 2 aromatic heterocycles. The zero-order valence-corrected chi connectivity index (χ0v) is 30.3. The molecule has 13 nitrogen and oxygen atoms in total. The summed E-state index contributed by atoms with van der Waals surface area (Å²) in [5, 5.41) is 16.8. The first kappa shape index (κ1) is 37.8. The molecule has 3 heterocycles. The number of amides is 3. The lowest BCUT2D eigenvalue weighted by molar-refractivity contribution is -0.141. The van der Waals surface area contributed by atoms with Gasteiger partial charge >= 0.3 is 6.09 Å². The minimum Gasteiger partial charge on any atom is -0.491 e. The predicted molar refractivity (Wildman–Crippen MR) is 184 cm³/mol. The maximum absolute atomic E-state index is 13.8. The number of hydrogen-bond donors (Lipinski definition) is 2. The number of likely N-dealkylation sites (tertiary alicyclic amines) is 1. The van der Waals surface area contributed by atoms with E-state index in [1.54, 1.807) is 37.4 Å². The number of nitrogens with one attached hydrogen (secondary N) is 1. The van der Waals surface area contributed by atoms with Crippen LogP contribution in [0.15, 0.2) is 34.3 Å². The molecule has 2 N–H and O–H groups in total. The second kappa shape index (κ2) is 17.1. The van der Waals surface area contributed by atoms with Crippen LogP contribution in [-0.2, 0) is 25.6 Å². The summed E-state index contributed by atoms with van der Waals surface area (Å²) in [5.41, 5.74) is 4.49.